The van der Waals surface area contributed by atoms with E-state index in [1.54, 1.807) is 18.3 Å². The number of aromatic nitrogens is 2. The molecule has 0 atom stereocenters. The Morgan fingerprint density at radius 1 is 1.32 bits per heavy atom. The van der Waals surface area contributed by atoms with Gasteiger partial charge in [-0.2, -0.15) is 5.10 Å². The largest absolute Gasteiger partial charge is 0.507 e. The number of allylic oxidation sites excluding steroid dienone is 2. The van der Waals surface area contributed by atoms with E-state index in [9.17, 15) is 5.11 Å². The zero-order chi connectivity index (χ0) is 18.2. The Labute approximate surface area is 157 Å². The summed E-state index contributed by atoms with van der Waals surface area (Å²) in [6.45, 7) is 7.93. The molecule has 0 saturated heterocycles. The summed E-state index contributed by atoms with van der Waals surface area (Å²) < 4.78 is 2.79. The third kappa shape index (κ3) is 5.21. The van der Waals surface area contributed by atoms with Crippen LogP contribution in [0.1, 0.15) is 24.1 Å². The van der Waals surface area contributed by atoms with Crippen LogP contribution in [0.5, 0.6) is 5.75 Å². The maximum Gasteiger partial charge on any atom is 0.128 e. The van der Waals surface area contributed by atoms with Gasteiger partial charge in [-0.15, -0.1) is 0 Å². The fourth-order valence-corrected chi connectivity index (χ4v) is 2.71. The van der Waals surface area contributed by atoms with Gasteiger partial charge in [0.05, 0.1) is 16.4 Å². The zero-order valence-electron chi connectivity index (χ0n) is 14.7. The lowest BCUT2D eigenvalue weighted by Gasteiger charge is -2.14. The van der Waals surface area contributed by atoms with Gasteiger partial charge in [0.2, 0.25) is 0 Å². The molecule has 0 amide bonds. The normalized spacial score (nSPS) is 11.6. The molecule has 0 aliphatic rings. The van der Waals surface area contributed by atoms with Gasteiger partial charge in [0.1, 0.15) is 11.6 Å². The summed E-state index contributed by atoms with van der Waals surface area (Å²) in [6.07, 6.45) is 5.83. The van der Waals surface area contributed by atoms with Crippen LogP contribution in [0.3, 0.4) is 0 Å². The molecule has 1 aromatic heterocycles. The molecule has 0 aliphatic carbocycles. The first-order chi connectivity index (χ1) is 12.0. The van der Waals surface area contributed by atoms with Crippen LogP contribution in [-0.2, 0) is 0 Å². The summed E-state index contributed by atoms with van der Waals surface area (Å²) in [5.41, 5.74) is 2.43. The Balaban J connectivity index is 2.23. The van der Waals surface area contributed by atoms with Gasteiger partial charge in [-0.25, -0.2) is 4.68 Å². The van der Waals surface area contributed by atoms with Gasteiger partial charge in [-0.1, -0.05) is 24.8 Å². The van der Waals surface area contributed by atoms with E-state index in [2.05, 4.69) is 38.2 Å². The van der Waals surface area contributed by atoms with Crippen molar-refractivity contribution in [1.29, 1.82) is 0 Å². The molecular formula is C19H25BrN4O. The number of nitrogens with one attached hydrogen (secondary N) is 2. The van der Waals surface area contributed by atoms with E-state index in [-0.39, 0.29) is 5.75 Å². The van der Waals surface area contributed by atoms with Crippen molar-refractivity contribution in [2.45, 2.75) is 19.8 Å². The number of phenols is 1. The van der Waals surface area contributed by atoms with E-state index in [1.165, 1.54) is 0 Å². The first-order valence-electron chi connectivity index (χ1n) is 8.32. The van der Waals surface area contributed by atoms with Gasteiger partial charge in [0.15, 0.2) is 0 Å². The third-order valence-electron chi connectivity index (χ3n) is 3.90. The van der Waals surface area contributed by atoms with Crippen molar-refractivity contribution in [3.05, 3.63) is 58.8 Å². The maximum atomic E-state index is 10.0. The minimum Gasteiger partial charge on any atom is -0.507 e. The molecule has 2 rings (SSSR count). The number of unbranched alkanes of at least 4 members (excludes halogenated alkanes) is 1. The summed E-state index contributed by atoms with van der Waals surface area (Å²) in [5, 5.41) is 21.1. The highest BCUT2D eigenvalue weighted by molar-refractivity contribution is 9.10. The van der Waals surface area contributed by atoms with Gasteiger partial charge < -0.3 is 15.7 Å². The Bertz CT molecular complexity index is 752. The molecule has 0 unspecified atom stereocenters. The van der Waals surface area contributed by atoms with Crippen LogP contribution in [0, 0.1) is 6.92 Å². The fourth-order valence-electron chi connectivity index (χ4n) is 2.45. The van der Waals surface area contributed by atoms with Gasteiger partial charge in [-0.05, 0) is 67.0 Å². The molecule has 1 aromatic carbocycles. The minimum atomic E-state index is 0.218. The molecule has 3 N–H and O–H groups in total. The zero-order valence-corrected chi connectivity index (χ0v) is 16.3. The molecule has 0 spiro atoms. The topological polar surface area (TPSA) is 62.1 Å². The fraction of sp³-hybridized carbons (Fsp3) is 0.316. The molecule has 0 aliphatic heterocycles. The van der Waals surface area contributed by atoms with Gasteiger partial charge in [0.25, 0.3) is 0 Å². The lowest BCUT2D eigenvalue weighted by Crippen LogP contribution is -2.21. The average molecular weight is 405 g/mol. The number of hydrogen-bond acceptors (Lipinski definition) is 4. The molecule has 5 nitrogen and oxygen atoms in total. The summed E-state index contributed by atoms with van der Waals surface area (Å²) in [5.74, 6) is 1.05. The van der Waals surface area contributed by atoms with Crippen molar-refractivity contribution in [2.75, 3.05) is 20.1 Å². The van der Waals surface area contributed by atoms with Crippen molar-refractivity contribution in [3.8, 4) is 5.75 Å². The molecule has 0 fully saturated rings. The second kappa shape index (κ2) is 9.44. The number of nitrogens with zero attached hydrogens (tertiary/aromatic N) is 2. The highest BCUT2D eigenvalue weighted by Crippen LogP contribution is 2.26. The van der Waals surface area contributed by atoms with Crippen molar-refractivity contribution >= 4 is 27.3 Å². The van der Waals surface area contributed by atoms with Crippen LogP contribution in [0.25, 0.3) is 11.4 Å². The average Bonchev–Trinajstić information content (AvgIpc) is 2.93. The lowest BCUT2D eigenvalue weighted by atomic mass is 10.1. The predicted molar refractivity (Wildman–Crippen MR) is 107 cm³/mol. The van der Waals surface area contributed by atoms with E-state index in [4.69, 9.17) is 0 Å². The standard InChI is InChI=1S/C19H25BrN4O/c1-14(16-8-4-5-9-18(16)25)12-19(22-11-7-6-10-21-3)24-15(2)17(20)13-23-24/h4-5,8-9,12-13,21-22,25H,1,6-7,10-11H2,2-3H3/b19-12-. The molecular weight excluding hydrogens is 380 g/mol. The first kappa shape index (κ1) is 19.3. The van der Waals surface area contributed by atoms with Crippen molar-refractivity contribution in [3.63, 3.8) is 0 Å². The summed E-state index contributed by atoms with van der Waals surface area (Å²) >= 11 is 3.50. The van der Waals surface area contributed by atoms with Crippen molar-refractivity contribution in [1.82, 2.24) is 20.4 Å². The van der Waals surface area contributed by atoms with Crippen LogP contribution >= 0.6 is 15.9 Å². The second-order valence-electron chi connectivity index (χ2n) is 5.80. The van der Waals surface area contributed by atoms with E-state index < -0.39 is 0 Å². The van der Waals surface area contributed by atoms with Crippen LogP contribution in [-0.4, -0.2) is 35.0 Å². The predicted octanol–water partition coefficient (Wildman–Crippen LogP) is 3.76. The Morgan fingerprint density at radius 3 is 2.68 bits per heavy atom. The third-order valence-corrected chi connectivity index (χ3v) is 4.68. The number of phenolic OH excluding ortho intramolecular Hbond substituents is 1. The molecule has 0 saturated carbocycles. The monoisotopic (exact) mass is 404 g/mol. The summed E-state index contributed by atoms with van der Waals surface area (Å²) in [6, 6.07) is 7.19. The molecule has 134 valence electrons. The molecule has 25 heavy (non-hydrogen) atoms. The van der Waals surface area contributed by atoms with E-state index in [1.807, 2.05) is 36.9 Å². The summed E-state index contributed by atoms with van der Waals surface area (Å²) in [7, 11) is 1.96. The number of benzene rings is 1. The van der Waals surface area contributed by atoms with E-state index >= 15 is 0 Å². The highest BCUT2D eigenvalue weighted by Gasteiger charge is 2.10. The van der Waals surface area contributed by atoms with Crippen LogP contribution < -0.4 is 10.6 Å². The number of halogens is 1. The van der Waals surface area contributed by atoms with Gasteiger partial charge in [0, 0.05) is 12.1 Å². The molecule has 2 aromatic rings. The SMILES string of the molecule is C=C(/C=C(/NCCCCNC)n1ncc(Br)c1C)c1ccccc1O. The number of para-hydroxylation sites is 1. The molecule has 0 bridgehead atoms. The maximum absolute atomic E-state index is 10.0. The molecule has 0 radical (unpaired) electrons. The van der Waals surface area contributed by atoms with Gasteiger partial charge in [-0.3, -0.25) is 0 Å². The minimum absolute atomic E-state index is 0.218. The Kier molecular flexibility index (Phi) is 7.28. The van der Waals surface area contributed by atoms with Crippen LogP contribution in [0.15, 0.2) is 47.6 Å². The van der Waals surface area contributed by atoms with Crippen LogP contribution in [0.2, 0.25) is 0 Å². The smallest absolute Gasteiger partial charge is 0.128 e. The Hall–Kier alpha value is -2.05. The highest BCUT2D eigenvalue weighted by atomic mass is 79.9. The number of hydrogen-bond donors (Lipinski definition) is 3. The number of aromatic hydroxyl groups is 1. The van der Waals surface area contributed by atoms with E-state index in [0.29, 0.717) is 5.56 Å². The van der Waals surface area contributed by atoms with Crippen molar-refractivity contribution in [2.24, 2.45) is 0 Å². The summed E-state index contributed by atoms with van der Waals surface area (Å²) in [4.78, 5) is 0. The quantitative estimate of drug-likeness (QED) is 0.439. The van der Waals surface area contributed by atoms with Crippen molar-refractivity contribution < 1.29 is 5.11 Å². The first-order valence-corrected chi connectivity index (χ1v) is 9.12. The van der Waals surface area contributed by atoms with E-state index in [0.717, 1.165) is 47.5 Å². The Morgan fingerprint density at radius 2 is 2.04 bits per heavy atom. The molecule has 1 heterocycles. The molecule has 6 heteroatoms. The lowest BCUT2D eigenvalue weighted by molar-refractivity contribution is 0.474. The van der Waals surface area contributed by atoms with Gasteiger partial charge >= 0.3 is 0 Å². The van der Waals surface area contributed by atoms with Crippen LogP contribution in [0.4, 0.5) is 0 Å². The second-order valence-corrected chi connectivity index (χ2v) is 6.65. The number of rotatable bonds is 9.